The Bertz CT molecular complexity index is 934. The van der Waals surface area contributed by atoms with Crippen molar-refractivity contribution in [1.29, 1.82) is 0 Å². The fourth-order valence-corrected chi connectivity index (χ4v) is 3.74. The van der Waals surface area contributed by atoms with Gasteiger partial charge in [0, 0.05) is 19.1 Å². The molecule has 4 rings (SSSR count). The number of aromatic nitrogens is 2. The van der Waals surface area contributed by atoms with Gasteiger partial charge in [-0.3, -0.25) is 10.2 Å². The van der Waals surface area contributed by atoms with Crippen LogP contribution in [0.3, 0.4) is 0 Å². The largest absolute Gasteiger partial charge is 0.351 e. The van der Waals surface area contributed by atoms with Gasteiger partial charge in [0.25, 0.3) is 0 Å². The zero-order chi connectivity index (χ0) is 19.3. The topological polar surface area (TPSA) is 71.0 Å². The molecule has 2 atom stereocenters. The van der Waals surface area contributed by atoms with E-state index in [-0.39, 0.29) is 11.9 Å². The Morgan fingerprint density at radius 3 is 2.75 bits per heavy atom. The number of nitrogens with zero attached hydrogens (tertiary/aromatic N) is 2. The van der Waals surface area contributed by atoms with Gasteiger partial charge in [0.15, 0.2) is 0 Å². The molecular weight excluding hydrogens is 350 g/mol. The molecular formula is C22H27N5O. The van der Waals surface area contributed by atoms with Crippen LogP contribution in [0.5, 0.6) is 0 Å². The molecule has 6 heteroatoms. The number of hydrogen-bond acceptors (Lipinski definition) is 4. The summed E-state index contributed by atoms with van der Waals surface area (Å²) in [4.78, 5) is 16.8. The van der Waals surface area contributed by atoms with Crippen LogP contribution in [0.2, 0.25) is 0 Å². The maximum Gasteiger partial charge on any atom is 0.238 e. The number of carbonyl (C=O) groups is 1. The summed E-state index contributed by atoms with van der Waals surface area (Å²) in [5.41, 5.74) is 10.8. The predicted octanol–water partition coefficient (Wildman–Crippen LogP) is 2.74. The Labute approximate surface area is 165 Å². The minimum absolute atomic E-state index is 0.0556. The summed E-state index contributed by atoms with van der Waals surface area (Å²) in [5.74, 6) is 0.0556. The number of carbonyl (C=O) groups excluding carboxylic acids is 1. The summed E-state index contributed by atoms with van der Waals surface area (Å²) < 4.78 is 2.15. The fraction of sp³-hybridized carbons (Fsp3) is 0.364. The Morgan fingerprint density at radius 2 is 1.93 bits per heavy atom. The first-order valence-corrected chi connectivity index (χ1v) is 9.99. The summed E-state index contributed by atoms with van der Waals surface area (Å²) >= 11 is 0. The van der Waals surface area contributed by atoms with Gasteiger partial charge in [-0.1, -0.05) is 49.7 Å². The van der Waals surface area contributed by atoms with Gasteiger partial charge in [-0.25, -0.2) is 10.4 Å². The van der Waals surface area contributed by atoms with Crippen molar-refractivity contribution >= 4 is 16.9 Å². The monoisotopic (exact) mass is 377 g/mol. The molecule has 2 heterocycles. The molecule has 3 N–H and O–H groups in total. The van der Waals surface area contributed by atoms with Crippen molar-refractivity contribution in [2.75, 3.05) is 0 Å². The van der Waals surface area contributed by atoms with Gasteiger partial charge in [0.2, 0.25) is 5.91 Å². The molecule has 0 radical (unpaired) electrons. The van der Waals surface area contributed by atoms with Crippen LogP contribution in [-0.2, 0) is 17.9 Å². The van der Waals surface area contributed by atoms with E-state index in [4.69, 9.17) is 0 Å². The molecule has 1 saturated heterocycles. The molecule has 6 nitrogen and oxygen atoms in total. The maximum atomic E-state index is 12.3. The van der Waals surface area contributed by atoms with Crippen LogP contribution >= 0.6 is 0 Å². The number of nitrogens with one attached hydrogen (secondary N) is 3. The second-order valence-electron chi connectivity index (χ2n) is 7.46. The average molecular weight is 377 g/mol. The molecule has 1 fully saturated rings. The lowest BCUT2D eigenvalue weighted by Gasteiger charge is -2.11. The van der Waals surface area contributed by atoms with E-state index in [0.717, 1.165) is 42.4 Å². The first kappa shape index (κ1) is 18.7. The highest BCUT2D eigenvalue weighted by atomic mass is 16.2. The third-order valence-corrected chi connectivity index (χ3v) is 5.31. The van der Waals surface area contributed by atoms with E-state index in [9.17, 15) is 4.79 Å². The molecule has 1 aliphatic rings. The summed E-state index contributed by atoms with van der Waals surface area (Å²) in [5, 5.41) is 3.04. The van der Waals surface area contributed by atoms with Gasteiger partial charge < -0.3 is 9.88 Å². The molecule has 2 aromatic carbocycles. The second-order valence-corrected chi connectivity index (χ2v) is 7.46. The normalized spacial score (nSPS) is 19.2. The highest BCUT2D eigenvalue weighted by molar-refractivity contribution is 5.82. The first-order chi connectivity index (χ1) is 13.7. The minimum atomic E-state index is -0.148. The average Bonchev–Trinajstić information content (AvgIpc) is 3.35. The third-order valence-electron chi connectivity index (χ3n) is 5.31. The van der Waals surface area contributed by atoms with Crippen molar-refractivity contribution in [2.45, 2.75) is 51.4 Å². The predicted molar refractivity (Wildman–Crippen MR) is 110 cm³/mol. The summed E-state index contributed by atoms with van der Waals surface area (Å²) in [6.07, 6.45) is 4.93. The first-order valence-electron chi connectivity index (χ1n) is 9.99. The quantitative estimate of drug-likeness (QED) is 0.592. The number of fused-ring (bicyclic) bond motifs is 1. The number of imidazole rings is 1. The van der Waals surface area contributed by atoms with Crippen LogP contribution < -0.4 is 16.2 Å². The van der Waals surface area contributed by atoms with Crippen molar-refractivity contribution < 1.29 is 4.79 Å². The Morgan fingerprint density at radius 1 is 1.14 bits per heavy atom. The summed E-state index contributed by atoms with van der Waals surface area (Å²) in [6, 6.07) is 16.8. The lowest BCUT2D eigenvalue weighted by molar-refractivity contribution is -0.123. The van der Waals surface area contributed by atoms with E-state index in [2.05, 4.69) is 63.0 Å². The molecule has 0 saturated carbocycles. The molecule has 1 aromatic heterocycles. The lowest BCUT2D eigenvalue weighted by Crippen LogP contribution is -2.43. The second kappa shape index (κ2) is 8.54. The summed E-state index contributed by atoms with van der Waals surface area (Å²) in [6.45, 7) is 3.49. The van der Waals surface area contributed by atoms with Gasteiger partial charge in [0.05, 0.1) is 17.4 Å². The van der Waals surface area contributed by atoms with Gasteiger partial charge in [-0.15, -0.1) is 0 Å². The van der Waals surface area contributed by atoms with Crippen molar-refractivity contribution in [2.24, 2.45) is 0 Å². The van der Waals surface area contributed by atoms with Crippen molar-refractivity contribution in [3.63, 3.8) is 0 Å². The van der Waals surface area contributed by atoms with E-state index in [1.165, 1.54) is 5.56 Å². The molecule has 1 aliphatic heterocycles. The number of rotatable bonds is 7. The number of hydrazine groups is 1. The van der Waals surface area contributed by atoms with E-state index in [1.54, 1.807) is 0 Å². The standard InChI is InChI=1S/C22H27N5O/c1-2-5-18-12-20(26-25-18)22(28)23-13-16-8-10-17(11-9-16)14-27-15-24-19-6-3-4-7-21(19)27/h3-4,6-11,15,18,20,25-26H,2,5,12-14H2,1H3,(H,23,28). The van der Waals surface area contributed by atoms with Crippen molar-refractivity contribution in [3.05, 3.63) is 66.0 Å². The van der Waals surface area contributed by atoms with Crippen LogP contribution in [0.1, 0.15) is 37.3 Å². The highest BCUT2D eigenvalue weighted by Gasteiger charge is 2.28. The third kappa shape index (κ3) is 4.24. The lowest BCUT2D eigenvalue weighted by atomic mass is 10.1. The maximum absolute atomic E-state index is 12.3. The van der Waals surface area contributed by atoms with Crippen LogP contribution in [0, 0.1) is 0 Å². The van der Waals surface area contributed by atoms with Crippen LogP contribution in [0.25, 0.3) is 11.0 Å². The smallest absolute Gasteiger partial charge is 0.238 e. The van der Waals surface area contributed by atoms with Gasteiger partial charge in [0.1, 0.15) is 6.04 Å². The van der Waals surface area contributed by atoms with E-state index in [0.29, 0.717) is 12.6 Å². The van der Waals surface area contributed by atoms with Gasteiger partial charge in [-0.2, -0.15) is 0 Å². The van der Waals surface area contributed by atoms with E-state index in [1.807, 2.05) is 24.5 Å². The number of para-hydroxylation sites is 2. The Balaban J connectivity index is 1.31. The van der Waals surface area contributed by atoms with E-state index >= 15 is 0 Å². The molecule has 0 bridgehead atoms. The van der Waals surface area contributed by atoms with Gasteiger partial charge >= 0.3 is 0 Å². The van der Waals surface area contributed by atoms with Crippen molar-refractivity contribution in [1.82, 2.24) is 25.7 Å². The molecule has 0 spiro atoms. The number of amides is 1. The Hall–Kier alpha value is -2.70. The minimum Gasteiger partial charge on any atom is -0.351 e. The van der Waals surface area contributed by atoms with E-state index < -0.39 is 0 Å². The van der Waals surface area contributed by atoms with Gasteiger partial charge in [-0.05, 0) is 36.1 Å². The van der Waals surface area contributed by atoms with Crippen molar-refractivity contribution in [3.8, 4) is 0 Å². The molecule has 28 heavy (non-hydrogen) atoms. The molecule has 2 unspecified atom stereocenters. The zero-order valence-corrected chi connectivity index (χ0v) is 16.2. The molecule has 0 aliphatic carbocycles. The van der Waals surface area contributed by atoms with Crippen LogP contribution in [-0.4, -0.2) is 27.5 Å². The highest BCUT2D eigenvalue weighted by Crippen LogP contribution is 2.15. The fourth-order valence-electron chi connectivity index (χ4n) is 3.74. The van der Waals surface area contributed by atoms with Crippen LogP contribution in [0.15, 0.2) is 54.9 Å². The molecule has 1 amide bonds. The zero-order valence-electron chi connectivity index (χ0n) is 16.2. The summed E-state index contributed by atoms with van der Waals surface area (Å²) in [7, 11) is 0. The Kier molecular flexibility index (Phi) is 5.69. The number of hydrogen-bond donors (Lipinski definition) is 3. The molecule has 146 valence electrons. The molecule has 3 aromatic rings. The SMILES string of the molecule is CCCC1CC(C(=O)NCc2ccc(Cn3cnc4ccccc43)cc2)NN1. The number of benzene rings is 2. The van der Waals surface area contributed by atoms with Crippen LogP contribution in [0.4, 0.5) is 0 Å².